The lowest BCUT2D eigenvalue weighted by molar-refractivity contribution is 0.164. The molecule has 1 aromatic rings. The Morgan fingerprint density at radius 2 is 1.79 bits per heavy atom. The summed E-state index contributed by atoms with van der Waals surface area (Å²) in [6, 6.07) is 10.1. The highest BCUT2D eigenvalue weighted by molar-refractivity contribution is 5.95. The second-order valence-electron chi connectivity index (χ2n) is 5.81. The fourth-order valence-corrected chi connectivity index (χ4v) is 2.14. The van der Waals surface area contributed by atoms with Crippen molar-refractivity contribution < 1.29 is 0 Å². The number of nitrogens with two attached hydrogens (primary N) is 2. The quantitative estimate of drug-likeness (QED) is 0.844. The Kier molecular flexibility index (Phi) is 3.46. The van der Waals surface area contributed by atoms with Gasteiger partial charge in [0.2, 0.25) is 11.9 Å². The van der Waals surface area contributed by atoms with Gasteiger partial charge in [0, 0.05) is 12.0 Å². The molecule has 4 N–H and O–H groups in total. The van der Waals surface area contributed by atoms with E-state index in [4.69, 9.17) is 11.5 Å². The largest absolute Gasteiger partial charge is 0.369 e. The van der Waals surface area contributed by atoms with Crippen molar-refractivity contribution in [3.63, 3.8) is 0 Å². The van der Waals surface area contributed by atoms with Crippen molar-refractivity contribution in [1.82, 2.24) is 4.90 Å². The van der Waals surface area contributed by atoms with Crippen molar-refractivity contribution in [1.29, 1.82) is 0 Å². The van der Waals surface area contributed by atoms with Crippen LogP contribution >= 0.6 is 0 Å². The molecule has 0 saturated heterocycles. The van der Waals surface area contributed by atoms with Crippen molar-refractivity contribution >= 4 is 11.9 Å². The van der Waals surface area contributed by atoms with E-state index >= 15 is 0 Å². The average Bonchev–Trinajstić information content (AvgIpc) is 2.32. The van der Waals surface area contributed by atoms with Gasteiger partial charge in [-0.15, -0.1) is 0 Å². The number of rotatable bonds is 2. The highest BCUT2D eigenvalue weighted by atomic mass is 15.4. The van der Waals surface area contributed by atoms with Crippen molar-refractivity contribution in [2.45, 2.75) is 33.5 Å². The van der Waals surface area contributed by atoms with Gasteiger partial charge in [-0.05, 0) is 5.56 Å². The summed E-state index contributed by atoms with van der Waals surface area (Å²) in [7, 11) is 0. The Morgan fingerprint density at radius 1 is 1.16 bits per heavy atom. The molecule has 1 aliphatic rings. The third kappa shape index (κ3) is 3.05. The SMILES string of the molecule is CC(C)(C)C1N=C(N)N=C(N)N1Cc1ccccc1. The van der Waals surface area contributed by atoms with Crippen LogP contribution in [0.15, 0.2) is 40.3 Å². The zero-order valence-electron chi connectivity index (χ0n) is 11.7. The Morgan fingerprint density at radius 3 is 2.37 bits per heavy atom. The summed E-state index contributed by atoms with van der Waals surface area (Å²) in [5.74, 6) is 0.679. The second kappa shape index (κ2) is 4.91. The van der Waals surface area contributed by atoms with Crippen LogP contribution in [0.4, 0.5) is 0 Å². The third-order valence-electron chi connectivity index (χ3n) is 3.04. The van der Waals surface area contributed by atoms with Gasteiger partial charge >= 0.3 is 0 Å². The van der Waals surface area contributed by atoms with Gasteiger partial charge in [0.25, 0.3) is 0 Å². The van der Waals surface area contributed by atoms with Crippen molar-refractivity contribution in [3.05, 3.63) is 35.9 Å². The molecule has 1 aromatic carbocycles. The first-order chi connectivity index (χ1) is 8.88. The molecule has 0 bridgehead atoms. The van der Waals surface area contributed by atoms with Gasteiger partial charge in [0.05, 0.1) is 0 Å². The normalized spacial score (nSPS) is 19.9. The predicted molar refractivity (Wildman–Crippen MR) is 78.5 cm³/mol. The van der Waals surface area contributed by atoms with Gasteiger partial charge < -0.3 is 16.4 Å². The molecule has 19 heavy (non-hydrogen) atoms. The van der Waals surface area contributed by atoms with Gasteiger partial charge in [0.1, 0.15) is 6.17 Å². The van der Waals surface area contributed by atoms with E-state index in [1.165, 1.54) is 5.56 Å². The Balaban J connectivity index is 2.28. The van der Waals surface area contributed by atoms with Crippen LogP contribution in [-0.4, -0.2) is 23.0 Å². The molecule has 0 fully saturated rings. The summed E-state index contributed by atoms with van der Waals surface area (Å²) in [5.41, 5.74) is 12.8. The molecule has 5 heteroatoms. The summed E-state index contributed by atoms with van der Waals surface area (Å²) in [5, 5.41) is 0. The van der Waals surface area contributed by atoms with Crippen LogP contribution in [0.3, 0.4) is 0 Å². The van der Waals surface area contributed by atoms with Gasteiger partial charge in [0.15, 0.2) is 0 Å². The topological polar surface area (TPSA) is 80.0 Å². The second-order valence-corrected chi connectivity index (χ2v) is 5.81. The Labute approximate surface area is 114 Å². The number of nitrogens with zero attached hydrogens (tertiary/aromatic N) is 3. The van der Waals surface area contributed by atoms with Crippen LogP contribution in [0.1, 0.15) is 26.3 Å². The van der Waals surface area contributed by atoms with Gasteiger partial charge in [-0.1, -0.05) is 51.1 Å². The van der Waals surface area contributed by atoms with Crippen LogP contribution < -0.4 is 11.5 Å². The number of aliphatic imine (C=N–C) groups is 2. The number of guanidine groups is 2. The summed E-state index contributed by atoms with van der Waals surface area (Å²) in [6.45, 7) is 7.02. The first kappa shape index (κ1) is 13.4. The lowest BCUT2D eigenvalue weighted by Crippen LogP contribution is -2.52. The Hall–Kier alpha value is -2.04. The molecule has 0 amide bonds. The van der Waals surface area contributed by atoms with Crippen LogP contribution in [0, 0.1) is 5.41 Å². The number of hydrogen-bond donors (Lipinski definition) is 2. The monoisotopic (exact) mass is 259 g/mol. The fraction of sp³-hybridized carbons (Fsp3) is 0.429. The van der Waals surface area contributed by atoms with E-state index < -0.39 is 0 Å². The van der Waals surface area contributed by atoms with Crippen molar-refractivity contribution in [3.8, 4) is 0 Å². The predicted octanol–water partition coefficient (Wildman–Crippen LogP) is 1.50. The summed E-state index contributed by atoms with van der Waals surface area (Å²) in [4.78, 5) is 10.5. The maximum Gasteiger partial charge on any atom is 0.220 e. The van der Waals surface area contributed by atoms with Crippen LogP contribution in [-0.2, 0) is 6.54 Å². The first-order valence-electron chi connectivity index (χ1n) is 6.36. The highest BCUT2D eigenvalue weighted by Gasteiger charge is 2.34. The van der Waals surface area contributed by atoms with Gasteiger partial charge in [-0.25, -0.2) is 4.99 Å². The Bertz CT molecular complexity index is 498. The summed E-state index contributed by atoms with van der Waals surface area (Å²) in [6.07, 6.45) is -0.106. The van der Waals surface area contributed by atoms with Gasteiger partial charge in [-0.2, -0.15) is 4.99 Å². The zero-order chi connectivity index (χ0) is 14.0. The highest BCUT2D eigenvalue weighted by Crippen LogP contribution is 2.28. The van der Waals surface area contributed by atoms with E-state index in [-0.39, 0.29) is 17.5 Å². The summed E-state index contributed by atoms with van der Waals surface area (Å²) >= 11 is 0. The van der Waals surface area contributed by atoms with E-state index in [0.29, 0.717) is 12.5 Å². The molecule has 102 valence electrons. The van der Waals surface area contributed by atoms with Crippen LogP contribution in [0.25, 0.3) is 0 Å². The third-order valence-corrected chi connectivity index (χ3v) is 3.04. The molecule has 2 rings (SSSR count). The molecule has 0 aliphatic carbocycles. The average molecular weight is 259 g/mol. The standard InChI is InChI=1S/C14H21N5/c1-14(2,3)11-17-12(15)18-13(16)19(11)9-10-7-5-4-6-8-10/h4-8,11H,9H2,1-3H3,(H4,15,16,17,18). The minimum absolute atomic E-state index is 0.0695. The smallest absolute Gasteiger partial charge is 0.220 e. The first-order valence-corrected chi connectivity index (χ1v) is 6.36. The van der Waals surface area contributed by atoms with Crippen LogP contribution in [0.5, 0.6) is 0 Å². The zero-order valence-corrected chi connectivity index (χ0v) is 11.7. The lowest BCUT2D eigenvalue weighted by Gasteiger charge is -2.39. The molecular formula is C14H21N5. The molecule has 0 radical (unpaired) electrons. The number of benzene rings is 1. The van der Waals surface area contributed by atoms with Crippen molar-refractivity contribution in [2.24, 2.45) is 26.9 Å². The molecule has 0 saturated carbocycles. The van der Waals surface area contributed by atoms with Crippen molar-refractivity contribution in [2.75, 3.05) is 0 Å². The molecular weight excluding hydrogens is 238 g/mol. The van der Waals surface area contributed by atoms with E-state index in [0.717, 1.165) is 0 Å². The van der Waals surface area contributed by atoms with E-state index in [9.17, 15) is 0 Å². The summed E-state index contributed by atoms with van der Waals surface area (Å²) < 4.78 is 0. The molecule has 5 nitrogen and oxygen atoms in total. The maximum absolute atomic E-state index is 6.02. The molecule has 1 heterocycles. The van der Waals surface area contributed by atoms with Crippen LogP contribution in [0.2, 0.25) is 0 Å². The lowest BCUT2D eigenvalue weighted by atomic mass is 9.91. The minimum atomic E-state index is -0.106. The molecule has 0 aromatic heterocycles. The molecule has 1 aliphatic heterocycles. The fourth-order valence-electron chi connectivity index (χ4n) is 2.14. The van der Waals surface area contributed by atoms with E-state index in [1.54, 1.807) is 0 Å². The van der Waals surface area contributed by atoms with Gasteiger partial charge in [-0.3, -0.25) is 0 Å². The van der Waals surface area contributed by atoms with E-state index in [2.05, 4.69) is 42.9 Å². The maximum atomic E-state index is 6.02. The minimum Gasteiger partial charge on any atom is -0.369 e. The van der Waals surface area contributed by atoms with E-state index in [1.807, 2.05) is 23.1 Å². The molecule has 0 spiro atoms. The molecule has 1 unspecified atom stereocenters. The number of hydrogen-bond acceptors (Lipinski definition) is 5. The molecule has 1 atom stereocenters.